The minimum absolute atomic E-state index is 0.347. The predicted octanol–water partition coefficient (Wildman–Crippen LogP) is 1.65. The van der Waals surface area contributed by atoms with Gasteiger partial charge in [0.15, 0.2) is 5.82 Å². The first-order valence-electron chi connectivity index (χ1n) is 6.65. The van der Waals surface area contributed by atoms with Crippen molar-refractivity contribution in [2.75, 3.05) is 6.54 Å². The van der Waals surface area contributed by atoms with E-state index >= 15 is 0 Å². The van der Waals surface area contributed by atoms with E-state index in [2.05, 4.69) is 41.2 Å². The summed E-state index contributed by atoms with van der Waals surface area (Å²) < 4.78 is 7.19. The highest BCUT2D eigenvalue weighted by molar-refractivity contribution is 5.42. The fourth-order valence-corrected chi connectivity index (χ4v) is 2.00. The molecule has 0 aromatic carbocycles. The maximum atomic E-state index is 5.32. The minimum Gasteiger partial charge on any atom is -0.339 e. The fourth-order valence-electron chi connectivity index (χ4n) is 2.00. The van der Waals surface area contributed by atoms with Crippen LogP contribution in [0.15, 0.2) is 16.9 Å². The third kappa shape index (κ3) is 3.20. The maximum absolute atomic E-state index is 5.32. The van der Waals surface area contributed by atoms with Crippen molar-refractivity contribution < 1.29 is 4.52 Å². The normalized spacial score (nSPS) is 13.1. The van der Waals surface area contributed by atoms with Gasteiger partial charge in [-0.3, -0.25) is 0 Å². The lowest BCUT2D eigenvalue weighted by molar-refractivity contribution is 0.329. The number of rotatable bonds is 6. The standard InChI is InChI=1S/C13H21N5O/c1-5-14-10(9(2)3)8-11-16-12(17-19-11)13-15-6-7-18(13)4/h6-7,9-10,14H,5,8H2,1-4H3. The summed E-state index contributed by atoms with van der Waals surface area (Å²) in [4.78, 5) is 8.63. The Kier molecular flexibility index (Phi) is 4.31. The van der Waals surface area contributed by atoms with Crippen LogP contribution < -0.4 is 5.32 Å². The number of nitrogens with zero attached hydrogens (tertiary/aromatic N) is 4. The van der Waals surface area contributed by atoms with Crippen molar-refractivity contribution in [2.45, 2.75) is 33.2 Å². The number of nitrogens with one attached hydrogen (secondary N) is 1. The molecule has 2 aromatic heterocycles. The highest BCUT2D eigenvalue weighted by Crippen LogP contribution is 2.14. The monoisotopic (exact) mass is 263 g/mol. The predicted molar refractivity (Wildman–Crippen MR) is 72.5 cm³/mol. The van der Waals surface area contributed by atoms with Crippen molar-refractivity contribution in [2.24, 2.45) is 13.0 Å². The smallest absolute Gasteiger partial charge is 0.238 e. The van der Waals surface area contributed by atoms with Gasteiger partial charge in [0.1, 0.15) is 0 Å². The molecule has 0 aliphatic heterocycles. The van der Waals surface area contributed by atoms with E-state index in [1.807, 2.05) is 17.8 Å². The van der Waals surface area contributed by atoms with E-state index in [0.717, 1.165) is 18.8 Å². The highest BCUT2D eigenvalue weighted by atomic mass is 16.5. The summed E-state index contributed by atoms with van der Waals surface area (Å²) in [5.74, 6) is 2.43. The molecule has 6 nitrogen and oxygen atoms in total. The van der Waals surface area contributed by atoms with E-state index in [1.165, 1.54) is 0 Å². The van der Waals surface area contributed by atoms with Crippen LogP contribution in [0.4, 0.5) is 0 Å². The molecule has 2 aromatic rings. The molecular formula is C13H21N5O. The van der Waals surface area contributed by atoms with Crippen LogP contribution in [0.1, 0.15) is 26.7 Å². The van der Waals surface area contributed by atoms with Gasteiger partial charge in [0, 0.05) is 31.9 Å². The molecule has 0 saturated heterocycles. The Labute approximate surface area is 113 Å². The third-order valence-corrected chi connectivity index (χ3v) is 3.15. The van der Waals surface area contributed by atoms with Gasteiger partial charge in [-0.05, 0) is 12.5 Å². The number of aryl methyl sites for hydroxylation is 1. The zero-order valence-corrected chi connectivity index (χ0v) is 11.9. The van der Waals surface area contributed by atoms with Crippen molar-refractivity contribution >= 4 is 0 Å². The van der Waals surface area contributed by atoms with E-state index in [1.54, 1.807) is 6.20 Å². The number of aromatic nitrogens is 4. The average Bonchev–Trinajstić information content (AvgIpc) is 2.97. The average molecular weight is 263 g/mol. The Morgan fingerprint density at radius 2 is 2.21 bits per heavy atom. The molecule has 0 spiro atoms. The van der Waals surface area contributed by atoms with Crippen LogP contribution in [0.25, 0.3) is 11.6 Å². The van der Waals surface area contributed by atoms with Crippen LogP contribution in [-0.4, -0.2) is 32.3 Å². The molecular weight excluding hydrogens is 242 g/mol. The molecule has 0 fully saturated rings. The molecule has 0 saturated carbocycles. The van der Waals surface area contributed by atoms with E-state index in [9.17, 15) is 0 Å². The van der Waals surface area contributed by atoms with Gasteiger partial charge in [0.2, 0.25) is 11.7 Å². The molecule has 2 rings (SSSR count). The Hall–Kier alpha value is -1.69. The second-order valence-corrected chi connectivity index (χ2v) is 4.99. The summed E-state index contributed by atoms with van der Waals surface area (Å²) in [5, 5.41) is 7.43. The van der Waals surface area contributed by atoms with Gasteiger partial charge < -0.3 is 14.4 Å². The highest BCUT2D eigenvalue weighted by Gasteiger charge is 2.18. The van der Waals surface area contributed by atoms with Crippen LogP contribution in [-0.2, 0) is 13.5 Å². The summed E-state index contributed by atoms with van der Waals surface area (Å²) in [6, 6.07) is 0.347. The van der Waals surface area contributed by atoms with Crippen LogP contribution in [0.5, 0.6) is 0 Å². The van der Waals surface area contributed by atoms with Crippen LogP contribution in [0.2, 0.25) is 0 Å². The van der Waals surface area contributed by atoms with E-state index < -0.39 is 0 Å². The number of hydrogen-bond acceptors (Lipinski definition) is 5. The van der Waals surface area contributed by atoms with Gasteiger partial charge in [-0.15, -0.1) is 0 Å². The van der Waals surface area contributed by atoms with E-state index in [4.69, 9.17) is 4.52 Å². The topological polar surface area (TPSA) is 68.8 Å². The lowest BCUT2D eigenvalue weighted by Crippen LogP contribution is -2.35. The summed E-state index contributed by atoms with van der Waals surface area (Å²) in [5.41, 5.74) is 0. The Morgan fingerprint density at radius 3 is 2.79 bits per heavy atom. The van der Waals surface area contributed by atoms with Gasteiger partial charge in [0.05, 0.1) is 0 Å². The molecule has 1 N–H and O–H groups in total. The van der Waals surface area contributed by atoms with Gasteiger partial charge in [-0.1, -0.05) is 25.9 Å². The summed E-state index contributed by atoms with van der Waals surface area (Å²) in [6.07, 6.45) is 4.32. The zero-order valence-electron chi connectivity index (χ0n) is 11.9. The van der Waals surface area contributed by atoms with Crippen LogP contribution in [0.3, 0.4) is 0 Å². The SMILES string of the molecule is CCNC(Cc1nc(-c2nccn2C)no1)C(C)C. The molecule has 104 valence electrons. The Balaban J connectivity index is 2.11. The molecule has 1 unspecified atom stereocenters. The molecule has 0 amide bonds. The summed E-state index contributed by atoms with van der Waals surface area (Å²) in [7, 11) is 1.91. The molecule has 19 heavy (non-hydrogen) atoms. The van der Waals surface area contributed by atoms with Crippen LogP contribution >= 0.6 is 0 Å². The lowest BCUT2D eigenvalue weighted by atomic mass is 10.0. The minimum atomic E-state index is 0.347. The first-order valence-corrected chi connectivity index (χ1v) is 6.65. The molecule has 0 radical (unpaired) electrons. The largest absolute Gasteiger partial charge is 0.339 e. The van der Waals surface area contributed by atoms with Crippen molar-refractivity contribution in [1.29, 1.82) is 0 Å². The Morgan fingerprint density at radius 1 is 1.42 bits per heavy atom. The van der Waals surface area contributed by atoms with Gasteiger partial charge in [-0.25, -0.2) is 4.98 Å². The Bertz CT molecular complexity index is 517. The maximum Gasteiger partial charge on any atom is 0.238 e. The first kappa shape index (κ1) is 13.7. The quantitative estimate of drug-likeness (QED) is 0.858. The van der Waals surface area contributed by atoms with Crippen LogP contribution in [0, 0.1) is 5.92 Å². The molecule has 0 aliphatic carbocycles. The molecule has 6 heteroatoms. The first-order chi connectivity index (χ1) is 9.11. The lowest BCUT2D eigenvalue weighted by Gasteiger charge is -2.19. The van der Waals surface area contributed by atoms with Crippen molar-refractivity contribution in [1.82, 2.24) is 25.0 Å². The van der Waals surface area contributed by atoms with Gasteiger partial charge in [-0.2, -0.15) is 4.98 Å². The van der Waals surface area contributed by atoms with Crippen molar-refractivity contribution in [3.8, 4) is 11.6 Å². The summed E-state index contributed by atoms with van der Waals surface area (Å²) >= 11 is 0. The summed E-state index contributed by atoms with van der Waals surface area (Å²) in [6.45, 7) is 7.40. The molecule has 1 atom stereocenters. The van der Waals surface area contributed by atoms with E-state index in [0.29, 0.717) is 23.7 Å². The van der Waals surface area contributed by atoms with E-state index in [-0.39, 0.29) is 0 Å². The molecule has 0 bridgehead atoms. The van der Waals surface area contributed by atoms with Gasteiger partial charge in [0.25, 0.3) is 0 Å². The van der Waals surface area contributed by atoms with Crippen molar-refractivity contribution in [3.63, 3.8) is 0 Å². The second kappa shape index (κ2) is 5.97. The fraction of sp³-hybridized carbons (Fsp3) is 0.615. The van der Waals surface area contributed by atoms with Gasteiger partial charge >= 0.3 is 0 Å². The molecule has 0 aliphatic rings. The number of hydrogen-bond donors (Lipinski definition) is 1. The van der Waals surface area contributed by atoms with Crippen molar-refractivity contribution in [3.05, 3.63) is 18.3 Å². The third-order valence-electron chi connectivity index (χ3n) is 3.15. The second-order valence-electron chi connectivity index (χ2n) is 4.99. The number of likely N-dealkylation sites (N-methyl/N-ethyl adjacent to an activating group) is 1. The zero-order chi connectivity index (χ0) is 13.8. The molecule has 2 heterocycles. The number of imidazole rings is 1.